The van der Waals surface area contributed by atoms with Gasteiger partial charge in [0.2, 0.25) is 5.91 Å². The first-order valence-electron chi connectivity index (χ1n) is 5.11. The number of carbonyl (C=O) groups excluding carboxylic acids is 2. The van der Waals surface area contributed by atoms with Crippen LogP contribution in [-0.4, -0.2) is 37.6 Å². The highest BCUT2D eigenvalue weighted by Crippen LogP contribution is 1.90. The first-order valence-corrected chi connectivity index (χ1v) is 5.11. The Hall–Kier alpha value is -1.10. The van der Waals surface area contributed by atoms with E-state index in [2.05, 4.69) is 15.4 Å². The molecule has 5 nitrogen and oxygen atoms in total. The quantitative estimate of drug-likeness (QED) is 0.616. The van der Waals surface area contributed by atoms with Gasteiger partial charge in [0.25, 0.3) is 0 Å². The first kappa shape index (κ1) is 13.9. The van der Waals surface area contributed by atoms with E-state index in [1.807, 2.05) is 13.8 Å². The largest absolute Gasteiger partial charge is 0.468 e. The Balaban J connectivity index is 3.83. The zero-order valence-corrected chi connectivity index (χ0v) is 9.79. The van der Waals surface area contributed by atoms with Crippen LogP contribution in [0.1, 0.15) is 27.2 Å². The van der Waals surface area contributed by atoms with Gasteiger partial charge in [0, 0.05) is 6.04 Å². The van der Waals surface area contributed by atoms with Crippen molar-refractivity contribution in [3.05, 3.63) is 0 Å². The van der Waals surface area contributed by atoms with E-state index in [9.17, 15) is 9.59 Å². The lowest BCUT2D eigenvalue weighted by molar-refractivity contribution is -0.139. The number of methoxy groups -OCH3 is 1. The monoisotopic (exact) mass is 216 g/mol. The molecule has 0 aromatic heterocycles. The molecule has 2 atom stereocenters. The number of amides is 1. The average molecular weight is 216 g/mol. The topological polar surface area (TPSA) is 67.4 Å². The van der Waals surface area contributed by atoms with Crippen LogP contribution in [0.2, 0.25) is 0 Å². The molecule has 0 saturated carbocycles. The number of rotatable bonds is 6. The van der Waals surface area contributed by atoms with Crippen LogP contribution < -0.4 is 10.6 Å². The van der Waals surface area contributed by atoms with Crippen molar-refractivity contribution < 1.29 is 14.3 Å². The Kier molecular flexibility index (Phi) is 6.70. The highest BCUT2D eigenvalue weighted by atomic mass is 16.5. The van der Waals surface area contributed by atoms with Crippen molar-refractivity contribution in [1.82, 2.24) is 10.6 Å². The van der Waals surface area contributed by atoms with Gasteiger partial charge in [-0.05, 0) is 20.3 Å². The van der Waals surface area contributed by atoms with Crippen molar-refractivity contribution in [1.29, 1.82) is 0 Å². The predicted molar refractivity (Wildman–Crippen MR) is 57.4 cm³/mol. The maximum absolute atomic E-state index is 11.5. The van der Waals surface area contributed by atoms with Crippen molar-refractivity contribution in [2.24, 2.45) is 0 Å². The van der Waals surface area contributed by atoms with Gasteiger partial charge < -0.3 is 10.1 Å². The molecule has 0 fully saturated rings. The molecule has 2 N–H and O–H groups in total. The minimum Gasteiger partial charge on any atom is -0.468 e. The van der Waals surface area contributed by atoms with Crippen LogP contribution in [0.5, 0.6) is 0 Å². The van der Waals surface area contributed by atoms with Crippen molar-refractivity contribution in [3.63, 3.8) is 0 Å². The first-order chi connectivity index (χ1) is 7.01. The molecule has 5 heteroatoms. The fraction of sp³-hybridized carbons (Fsp3) is 0.800. The van der Waals surface area contributed by atoms with E-state index in [1.54, 1.807) is 6.92 Å². The van der Waals surface area contributed by atoms with Crippen molar-refractivity contribution in [3.8, 4) is 0 Å². The van der Waals surface area contributed by atoms with Crippen LogP contribution in [0.4, 0.5) is 0 Å². The molecule has 0 aromatic rings. The third kappa shape index (κ3) is 6.06. The number of nitrogens with one attached hydrogen (secondary N) is 2. The molecule has 0 heterocycles. The summed E-state index contributed by atoms with van der Waals surface area (Å²) in [6.07, 6.45) is 0.884. The summed E-state index contributed by atoms with van der Waals surface area (Å²) < 4.78 is 4.45. The molecule has 0 bridgehead atoms. The molecule has 0 saturated heterocycles. The Morgan fingerprint density at radius 1 is 1.33 bits per heavy atom. The van der Waals surface area contributed by atoms with Crippen molar-refractivity contribution in [2.75, 3.05) is 13.7 Å². The molecule has 15 heavy (non-hydrogen) atoms. The molecule has 0 aliphatic heterocycles. The lowest BCUT2D eigenvalue weighted by Gasteiger charge is -2.16. The standard InChI is InChI=1S/C10H20N2O3/c1-5-7(2)12-10(14)8(3)11-6-9(13)15-4/h7-8,11H,5-6H2,1-4H3,(H,12,14). The van der Waals surface area contributed by atoms with Crippen LogP contribution in [-0.2, 0) is 14.3 Å². The van der Waals surface area contributed by atoms with Crippen molar-refractivity contribution >= 4 is 11.9 Å². The molecule has 2 unspecified atom stereocenters. The van der Waals surface area contributed by atoms with Crippen LogP contribution >= 0.6 is 0 Å². The molecular weight excluding hydrogens is 196 g/mol. The minimum atomic E-state index is -0.391. The number of hydrogen-bond acceptors (Lipinski definition) is 4. The molecule has 88 valence electrons. The molecule has 0 radical (unpaired) electrons. The van der Waals surface area contributed by atoms with E-state index in [-0.39, 0.29) is 24.5 Å². The second kappa shape index (κ2) is 7.23. The van der Waals surface area contributed by atoms with E-state index in [1.165, 1.54) is 7.11 Å². The van der Waals surface area contributed by atoms with Gasteiger partial charge in [-0.3, -0.25) is 14.9 Å². The van der Waals surface area contributed by atoms with Gasteiger partial charge in [-0.15, -0.1) is 0 Å². The fourth-order valence-corrected chi connectivity index (χ4v) is 0.871. The third-order valence-electron chi connectivity index (χ3n) is 2.17. The van der Waals surface area contributed by atoms with Gasteiger partial charge in [-0.2, -0.15) is 0 Å². The summed E-state index contributed by atoms with van der Waals surface area (Å²) in [5.74, 6) is -0.480. The summed E-state index contributed by atoms with van der Waals surface area (Å²) in [6.45, 7) is 5.69. The molecule has 0 aliphatic carbocycles. The lowest BCUT2D eigenvalue weighted by atomic mass is 10.2. The molecule has 1 amide bonds. The second-order valence-corrected chi connectivity index (χ2v) is 3.50. The number of hydrogen-bond donors (Lipinski definition) is 2. The Bertz CT molecular complexity index is 219. The van der Waals surface area contributed by atoms with E-state index in [0.717, 1.165) is 6.42 Å². The smallest absolute Gasteiger partial charge is 0.319 e. The van der Waals surface area contributed by atoms with Crippen LogP contribution in [0.3, 0.4) is 0 Å². The Morgan fingerprint density at radius 2 is 1.93 bits per heavy atom. The maximum Gasteiger partial charge on any atom is 0.319 e. The molecule has 0 aliphatic rings. The molecule has 0 rings (SSSR count). The molecule has 0 aromatic carbocycles. The van der Waals surface area contributed by atoms with Gasteiger partial charge >= 0.3 is 5.97 Å². The van der Waals surface area contributed by atoms with E-state index >= 15 is 0 Å². The number of carbonyl (C=O) groups is 2. The van der Waals surface area contributed by atoms with Gasteiger partial charge in [0.15, 0.2) is 0 Å². The van der Waals surface area contributed by atoms with Crippen LogP contribution in [0.25, 0.3) is 0 Å². The maximum atomic E-state index is 11.5. The SMILES string of the molecule is CCC(C)NC(=O)C(C)NCC(=O)OC. The van der Waals surface area contributed by atoms with Crippen molar-refractivity contribution in [2.45, 2.75) is 39.3 Å². The van der Waals surface area contributed by atoms with Gasteiger partial charge in [-0.25, -0.2) is 0 Å². The Labute approximate surface area is 90.6 Å². The fourth-order valence-electron chi connectivity index (χ4n) is 0.871. The van der Waals surface area contributed by atoms with Gasteiger partial charge in [0.05, 0.1) is 19.7 Å². The van der Waals surface area contributed by atoms with Gasteiger partial charge in [0.1, 0.15) is 0 Å². The summed E-state index contributed by atoms with van der Waals surface area (Å²) in [5.41, 5.74) is 0. The highest BCUT2D eigenvalue weighted by Gasteiger charge is 2.14. The summed E-state index contributed by atoms with van der Waals surface area (Å²) in [6, 6.07) is -0.238. The summed E-state index contributed by atoms with van der Waals surface area (Å²) in [7, 11) is 1.31. The van der Waals surface area contributed by atoms with Crippen LogP contribution in [0.15, 0.2) is 0 Å². The van der Waals surface area contributed by atoms with E-state index in [0.29, 0.717) is 0 Å². The van der Waals surface area contributed by atoms with Gasteiger partial charge in [-0.1, -0.05) is 6.92 Å². The zero-order chi connectivity index (χ0) is 11.8. The molecular formula is C10H20N2O3. The zero-order valence-electron chi connectivity index (χ0n) is 9.79. The summed E-state index contributed by atoms with van der Waals surface area (Å²) in [4.78, 5) is 22.3. The van der Waals surface area contributed by atoms with Crippen LogP contribution in [0, 0.1) is 0 Å². The number of esters is 1. The highest BCUT2D eigenvalue weighted by molar-refractivity contribution is 5.82. The predicted octanol–water partition coefficient (Wildman–Crippen LogP) is 0.0522. The molecule has 0 spiro atoms. The second-order valence-electron chi connectivity index (χ2n) is 3.50. The average Bonchev–Trinajstić information content (AvgIpc) is 2.24. The summed E-state index contributed by atoms with van der Waals surface area (Å²) >= 11 is 0. The van der Waals surface area contributed by atoms with E-state index in [4.69, 9.17) is 0 Å². The third-order valence-corrected chi connectivity index (χ3v) is 2.17. The normalized spacial score (nSPS) is 14.1. The minimum absolute atomic E-state index is 0.0472. The number of ether oxygens (including phenoxy) is 1. The Morgan fingerprint density at radius 3 is 2.40 bits per heavy atom. The summed E-state index contributed by atoms with van der Waals surface area (Å²) in [5, 5.41) is 5.59. The lowest BCUT2D eigenvalue weighted by Crippen LogP contribution is -2.46. The van der Waals surface area contributed by atoms with E-state index < -0.39 is 6.04 Å².